The Kier molecular flexibility index (Phi) is 2.71. The van der Waals surface area contributed by atoms with Gasteiger partial charge in [-0.1, -0.05) is 5.92 Å². The first kappa shape index (κ1) is 10.5. The topological polar surface area (TPSA) is 20.3 Å². The first-order valence-electron chi connectivity index (χ1n) is 3.77. The van der Waals surface area contributed by atoms with E-state index in [0.29, 0.717) is 4.90 Å². The lowest BCUT2D eigenvalue weighted by molar-refractivity contribution is -0.190. The van der Waals surface area contributed by atoms with Gasteiger partial charge in [-0.15, -0.1) is 6.42 Å². The highest BCUT2D eigenvalue weighted by Crippen LogP contribution is 2.24. The van der Waals surface area contributed by atoms with Crippen molar-refractivity contribution in [1.82, 2.24) is 4.90 Å². The fourth-order valence-corrected chi connectivity index (χ4v) is 1.06. The second kappa shape index (κ2) is 3.63. The molecular formula is C9H6F3NO. The molecule has 1 rings (SSSR count). The summed E-state index contributed by atoms with van der Waals surface area (Å²) >= 11 is 0. The van der Waals surface area contributed by atoms with Crippen molar-refractivity contribution in [3.8, 4) is 24.2 Å². The van der Waals surface area contributed by atoms with Crippen LogP contribution in [0.25, 0.3) is 0 Å². The van der Waals surface area contributed by atoms with Crippen molar-refractivity contribution in [2.75, 3.05) is 13.1 Å². The predicted octanol–water partition coefficient (Wildman–Crippen LogP) is 0.644. The largest absolute Gasteiger partial charge is 0.471 e. The molecule has 0 atom stereocenters. The van der Waals surface area contributed by atoms with Gasteiger partial charge >= 0.3 is 12.1 Å². The molecule has 0 aromatic carbocycles. The molecule has 0 saturated carbocycles. The van der Waals surface area contributed by atoms with Crippen molar-refractivity contribution in [1.29, 1.82) is 0 Å². The molecule has 0 bridgehead atoms. The van der Waals surface area contributed by atoms with Crippen LogP contribution in [0.2, 0.25) is 0 Å². The standard InChI is InChI=1S/C9H6F3NO/c1-2-3-4-7-5-13(6-7)8(14)9(10,11)12/h1,7H,5-6H2. The highest BCUT2D eigenvalue weighted by molar-refractivity contribution is 5.82. The molecule has 1 fully saturated rings. The first-order valence-corrected chi connectivity index (χ1v) is 3.77. The molecule has 0 N–H and O–H groups in total. The van der Waals surface area contributed by atoms with Gasteiger partial charge in [-0.3, -0.25) is 4.79 Å². The van der Waals surface area contributed by atoms with Crippen LogP contribution in [0, 0.1) is 30.1 Å². The Bertz CT molecular complexity index is 336. The van der Waals surface area contributed by atoms with Gasteiger partial charge in [0, 0.05) is 13.1 Å². The third-order valence-corrected chi connectivity index (χ3v) is 1.76. The third kappa shape index (κ3) is 2.20. The summed E-state index contributed by atoms with van der Waals surface area (Å²) in [5.41, 5.74) is 0. The van der Waals surface area contributed by atoms with Gasteiger partial charge in [0.15, 0.2) is 0 Å². The van der Waals surface area contributed by atoms with E-state index in [4.69, 9.17) is 6.42 Å². The molecule has 1 heterocycles. The van der Waals surface area contributed by atoms with Crippen molar-refractivity contribution in [2.24, 2.45) is 5.92 Å². The summed E-state index contributed by atoms with van der Waals surface area (Å²) in [6.45, 7) is 0.0139. The maximum atomic E-state index is 11.8. The van der Waals surface area contributed by atoms with Gasteiger partial charge in [-0.05, 0) is 11.8 Å². The number of alkyl halides is 3. The van der Waals surface area contributed by atoms with Crippen molar-refractivity contribution in [3.05, 3.63) is 0 Å². The van der Waals surface area contributed by atoms with E-state index in [-0.39, 0.29) is 19.0 Å². The van der Waals surface area contributed by atoms with E-state index in [1.807, 2.05) is 0 Å². The summed E-state index contributed by atoms with van der Waals surface area (Å²) < 4.78 is 35.5. The van der Waals surface area contributed by atoms with Crippen LogP contribution in [0.3, 0.4) is 0 Å². The minimum atomic E-state index is -4.79. The Morgan fingerprint density at radius 1 is 1.43 bits per heavy atom. The second-order valence-electron chi connectivity index (χ2n) is 2.82. The molecule has 0 aromatic heterocycles. The maximum absolute atomic E-state index is 11.8. The smallest absolute Gasteiger partial charge is 0.332 e. The number of carbonyl (C=O) groups is 1. The average Bonchev–Trinajstić information content (AvgIpc) is 1.99. The molecule has 14 heavy (non-hydrogen) atoms. The number of halogens is 3. The molecule has 0 spiro atoms. The zero-order chi connectivity index (χ0) is 10.8. The molecule has 1 aliphatic rings. The molecule has 74 valence electrons. The monoisotopic (exact) mass is 201 g/mol. The van der Waals surface area contributed by atoms with Crippen LogP contribution in [-0.4, -0.2) is 30.1 Å². The molecule has 2 nitrogen and oxygen atoms in total. The zero-order valence-corrected chi connectivity index (χ0v) is 7.06. The van der Waals surface area contributed by atoms with E-state index in [1.54, 1.807) is 0 Å². The van der Waals surface area contributed by atoms with E-state index in [0.717, 1.165) is 0 Å². The van der Waals surface area contributed by atoms with Crippen LogP contribution in [0.5, 0.6) is 0 Å². The summed E-state index contributed by atoms with van der Waals surface area (Å²) in [7, 11) is 0. The van der Waals surface area contributed by atoms with Gasteiger partial charge < -0.3 is 4.90 Å². The van der Waals surface area contributed by atoms with Gasteiger partial charge in [0.25, 0.3) is 0 Å². The van der Waals surface area contributed by atoms with Crippen LogP contribution in [0.1, 0.15) is 0 Å². The normalized spacial score (nSPS) is 16.3. The van der Waals surface area contributed by atoms with Crippen molar-refractivity contribution < 1.29 is 18.0 Å². The minimum absolute atomic E-state index is 0.00697. The number of likely N-dealkylation sites (tertiary alicyclic amines) is 1. The molecule has 0 radical (unpaired) electrons. The number of amides is 1. The van der Waals surface area contributed by atoms with Crippen LogP contribution >= 0.6 is 0 Å². The summed E-state index contributed by atoms with van der Waals surface area (Å²) in [6, 6.07) is 0. The Balaban J connectivity index is 2.43. The Morgan fingerprint density at radius 2 is 2.00 bits per heavy atom. The number of rotatable bonds is 0. The summed E-state index contributed by atoms with van der Waals surface area (Å²) in [5.74, 6) is 4.89. The SMILES string of the molecule is C#CC#CC1CN(C(=O)C(F)(F)F)C1. The number of terminal acetylenes is 1. The number of hydrogen-bond donors (Lipinski definition) is 0. The number of nitrogens with zero attached hydrogens (tertiary/aromatic N) is 1. The maximum Gasteiger partial charge on any atom is 0.471 e. The van der Waals surface area contributed by atoms with E-state index in [1.165, 1.54) is 0 Å². The highest BCUT2D eigenvalue weighted by Gasteiger charge is 2.46. The number of hydrogen-bond acceptors (Lipinski definition) is 1. The summed E-state index contributed by atoms with van der Waals surface area (Å²) in [4.78, 5) is 11.3. The van der Waals surface area contributed by atoms with Gasteiger partial charge in [-0.2, -0.15) is 13.2 Å². The van der Waals surface area contributed by atoms with Gasteiger partial charge in [0.2, 0.25) is 0 Å². The summed E-state index contributed by atoms with van der Waals surface area (Å²) in [6.07, 6.45) is 0.0480. The van der Waals surface area contributed by atoms with E-state index in [2.05, 4.69) is 17.8 Å². The molecular weight excluding hydrogens is 195 g/mol. The zero-order valence-electron chi connectivity index (χ0n) is 7.06. The van der Waals surface area contributed by atoms with Crippen LogP contribution < -0.4 is 0 Å². The Labute approximate surface area is 79.1 Å². The van der Waals surface area contributed by atoms with Crippen LogP contribution in [0.4, 0.5) is 13.2 Å². The number of carbonyl (C=O) groups excluding carboxylic acids is 1. The van der Waals surface area contributed by atoms with E-state index in [9.17, 15) is 18.0 Å². The van der Waals surface area contributed by atoms with Crippen molar-refractivity contribution >= 4 is 5.91 Å². The second-order valence-corrected chi connectivity index (χ2v) is 2.82. The van der Waals surface area contributed by atoms with Gasteiger partial charge in [-0.25, -0.2) is 0 Å². The molecule has 1 saturated heterocycles. The molecule has 0 aliphatic carbocycles. The van der Waals surface area contributed by atoms with E-state index >= 15 is 0 Å². The third-order valence-electron chi connectivity index (χ3n) is 1.76. The molecule has 5 heteroatoms. The average molecular weight is 201 g/mol. The fourth-order valence-electron chi connectivity index (χ4n) is 1.06. The van der Waals surface area contributed by atoms with Crippen LogP contribution in [-0.2, 0) is 4.79 Å². The lowest BCUT2D eigenvalue weighted by Gasteiger charge is -2.36. The highest BCUT2D eigenvalue weighted by atomic mass is 19.4. The van der Waals surface area contributed by atoms with E-state index < -0.39 is 12.1 Å². The fraction of sp³-hybridized carbons (Fsp3) is 0.444. The summed E-state index contributed by atoms with van der Waals surface area (Å²) in [5, 5.41) is 0. The molecule has 1 aliphatic heterocycles. The lowest BCUT2D eigenvalue weighted by atomic mass is 10.0. The Hall–Kier alpha value is -1.62. The quantitative estimate of drug-likeness (QED) is 0.527. The van der Waals surface area contributed by atoms with Crippen molar-refractivity contribution in [3.63, 3.8) is 0 Å². The Morgan fingerprint density at radius 3 is 2.43 bits per heavy atom. The van der Waals surface area contributed by atoms with Crippen LogP contribution in [0.15, 0.2) is 0 Å². The molecule has 1 amide bonds. The first-order chi connectivity index (χ1) is 6.45. The predicted molar refractivity (Wildman–Crippen MR) is 42.7 cm³/mol. The molecule has 0 aromatic rings. The van der Waals surface area contributed by atoms with Gasteiger partial charge in [0.05, 0.1) is 5.92 Å². The molecule has 0 unspecified atom stereocenters. The lowest BCUT2D eigenvalue weighted by Crippen LogP contribution is -2.53. The minimum Gasteiger partial charge on any atom is -0.332 e. The van der Waals surface area contributed by atoms with Crippen molar-refractivity contribution in [2.45, 2.75) is 6.18 Å². The van der Waals surface area contributed by atoms with Gasteiger partial charge in [0.1, 0.15) is 0 Å².